The Kier molecular flexibility index (Phi) is 5.31. The maximum atomic E-state index is 11.6. The number of carboxylic acid groups (broad SMARTS) is 1. The maximum absolute atomic E-state index is 11.6. The lowest BCUT2D eigenvalue weighted by atomic mass is 10.1. The van der Waals surface area contributed by atoms with Crippen LogP contribution in [0.25, 0.3) is 0 Å². The van der Waals surface area contributed by atoms with Crippen molar-refractivity contribution in [2.24, 2.45) is 11.7 Å². The fourth-order valence-electron chi connectivity index (χ4n) is 1.50. The van der Waals surface area contributed by atoms with Crippen LogP contribution in [0.1, 0.15) is 23.8 Å². The van der Waals surface area contributed by atoms with Crippen LogP contribution in [0.15, 0.2) is 12.5 Å². The molecule has 1 amide bonds. The number of carbonyl (C=O) groups is 2. The molecule has 0 aliphatic carbocycles. The van der Waals surface area contributed by atoms with Crippen molar-refractivity contribution >= 4 is 11.9 Å². The fourth-order valence-corrected chi connectivity index (χ4v) is 1.50. The topological polar surface area (TPSA) is 110 Å². The third kappa shape index (κ3) is 3.85. The summed E-state index contributed by atoms with van der Waals surface area (Å²) in [6.45, 7) is 3.14. The Morgan fingerprint density at radius 3 is 2.83 bits per heavy atom. The monoisotopic (exact) mass is 254 g/mol. The number of carboxylic acids is 1. The molecule has 7 heteroatoms. The van der Waals surface area contributed by atoms with Crippen LogP contribution in [-0.2, 0) is 11.3 Å². The van der Waals surface area contributed by atoms with Crippen molar-refractivity contribution in [3.05, 3.63) is 18.2 Å². The van der Waals surface area contributed by atoms with Gasteiger partial charge in [-0.2, -0.15) is 0 Å². The second-order valence-corrected chi connectivity index (χ2v) is 3.93. The molecule has 0 radical (unpaired) electrons. The van der Waals surface area contributed by atoms with Crippen molar-refractivity contribution in [2.45, 2.75) is 19.9 Å². The molecule has 0 saturated carbocycles. The van der Waals surface area contributed by atoms with Crippen molar-refractivity contribution in [1.82, 2.24) is 14.9 Å². The highest BCUT2D eigenvalue weighted by molar-refractivity contribution is 5.84. The number of hydrogen-bond acceptors (Lipinski definition) is 4. The van der Waals surface area contributed by atoms with Gasteiger partial charge in [-0.1, -0.05) is 6.92 Å². The predicted molar refractivity (Wildman–Crippen MR) is 65.0 cm³/mol. The summed E-state index contributed by atoms with van der Waals surface area (Å²) in [6.07, 6.45) is 3.56. The smallest absolute Gasteiger partial charge is 0.356 e. The van der Waals surface area contributed by atoms with E-state index >= 15 is 0 Å². The average molecular weight is 254 g/mol. The third-order valence-electron chi connectivity index (χ3n) is 2.67. The van der Waals surface area contributed by atoms with Gasteiger partial charge in [-0.15, -0.1) is 0 Å². The van der Waals surface area contributed by atoms with Crippen molar-refractivity contribution in [2.75, 3.05) is 13.1 Å². The average Bonchev–Trinajstić information content (AvgIpc) is 2.79. The van der Waals surface area contributed by atoms with Crippen LogP contribution in [0.3, 0.4) is 0 Å². The van der Waals surface area contributed by atoms with E-state index in [1.54, 1.807) is 4.57 Å². The lowest BCUT2D eigenvalue weighted by Crippen LogP contribution is -2.36. The first kappa shape index (κ1) is 14.2. The van der Waals surface area contributed by atoms with E-state index in [1.807, 2.05) is 6.92 Å². The third-order valence-corrected chi connectivity index (χ3v) is 2.67. The second-order valence-electron chi connectivity index (χ2n) is 3.93. The Bertz CT molecular complexity index is 412. The molecule has 7 nitrogen and oxygen atoms in total. The molecule has 0 fully saturated rings. The normalized spacial score (nSPS) is 12.1. The molecule has 18 heavy (non-hydrogen) atoms. The number of hydrogen-bond donors (Lipinski definition) is 3. The van der Waals surface area contributed by atoms with Gasteiger partial charge in [-0.3, -0.25) is 4.79 Å². The predicted octanol–water partition coefficient (Wildman–Crippen LogP) is -0.318. The van der Waals surface area contributed by atoms with E-state index in [0.717, 1.165) is 0 Å². The summed E-state index contributed by atoms with van der Waals surface area (Å²) in [4.78, 5) is 25.9. The Labute approximate surface area is 105 Å². The molecule has 4 N–H and O–H groups in total. The number of imidazole rings is 1. The van der Waals surface area contributed by atoms with Crippen molar-refractivity contribution in [1.29, 1.82) is 0 Å². The number of aromatic nitrogens is 2. The Morgan fingerprint density at radius 2 is 2.33 bits per heavy atom. The molecular formula is C11H18N4O3. The summed E-state index contributed by atoms with van der Waals surface area (Å²) < 4.78 is 1.62. The maximum Gasteiger partial charge on any atom is 0.356 e. The van der Waals surface area contributed by atoms with E-state index in [9.17, 15) is 9.59 Å². The number of aromatic carboxylic acids is 1. The number of rotatable bonds is 7. The molecule has 0 aliphatic rings. The zero-order valence-corrected chi connectivity index (χ0v) is 10.3. The van der Waals surface area contributed by atoms with Crippen LogP contribution < -0.4 is 11.1 Å². The minimum Gasteiger partial charge on any atom is -0.476 e. The van der Waals surface area contributed by atoms with Gasteiger partial charge >= 0.3 is 5.97 Å². The Balaban J connectivity index is 2.37. The molecule has 1 aromatic rings. The van der Waals surface area contributed by atoms with Gasteiger partial charge in [-0.25, -0.2) is 9.78 Å². The van der Waals surface area contributed by atoms with Crippen LogP contribution in [0.4, 0.5) is 0 Å². The van der Waals surface area contributed by atoms with Crippen molar-refractivity contribution < 1.29 is 14.7 Å². The summed E-state index contributed by atoms with van der Waals surface area (Å²) in [5, 5.41) is 11.4. The second kappa shape index (κ2) is 6.75. The summed E-state index contributed by atoms with van der Waals surface area (Å²) in [7, 11) is 0. The van der Waals surface area contributed by atoms with Crippen molar-refractivity contribution in [3.63, 3.8) is 0 Å². The zero-order valence-electron chi connectivity index (χ0n) is 10.3. The summed E-state index contributed by atoms with van der Waals surface area (Å²) >= 11 is 0. The van der Waals surface area contributed by atoms with Crippen LogP contribution in [-0.4, -0.2) is 39.6 Å². The molecule has 1 heterocycles. The van der Waals surface area contributed by atoms with Gasteiger partial charge in [0, 0.05) is 31.7 Å². The summed E-state index contributed by atoms with van der Waals surface area (Å²) in [5.74, 6) is -1.30. The number of nitrogens with one attached hydrogen (secondary N) is 1. The molecule has 0 spiro atoms. The molecule has 100 valence electrons. The van der Waals surface area contributed by atoms with Gasteiger partial charge in [0.1, 0.15) is 0 Å². The summed E-state index contributed by atoms with van der Waals surface area (Å²) in [6, 6.07) is 0. The Hall–Kier alpha value is -1.89. The van der Waals surface area contributed by atoms with E-state index in [1.165, 1.54) is 12.5 Å². The molecule has 0 aliphatic heterocycles. The molecule has 1 aromatic heterocycles. The van der Waals surface area contributed by atoms with E-state index in [2.05, 4.69) is 10.3 Å². The van der Waals surface area contributed by atoms with Gasteiger partial charge in [0.25, 0.3) is 0 Å². The minimum absolute atomic E-state index is 0.00489. The van der Waals surface area contributed by atoms with E-state index in [-0.39, 0.29) is 17.5 Å². The fraction of sp³-hybridized carbons (Fsp3) is 0.545. The molecular weight excluding hydrogens is 236 g/mol. The standard InChI is InChI=1S/C11H18N4O3/c1-2-8(5-12)10(16)13-3-4-15-6-9(11(17)18)14-7-15/h6-8H,2-5,12H2,1H3,(H,13,16)(H,17,18). The highest BCUT2D eigenvalue weighted by Crippen LogP contribution is 1.99. The number of carbonyl (C=O) groups excluding carboxylic acids is 1. The lowest BCUT2D eigenvalue weighted by Gasteiger charge is -2.12. The lowest BCUT2D eigenvalue weighted by molar-refractivity contribution is -0.124. The number of nitrogens with two attached hydrogens (primary N) is 1. The first-order valence-electron chi connectivity index (χ1n) is 5.81. The van der Waals surface area contributed by atoms with E-state index < -0.39 is 5.97 Å². The van der Waals surface area contributed by atoms with Crippen LogP contribution in [0.5, 0.6) is 0 Å². The van der Waals surface area contributed by atoms with E-state index in [0.29, 0.717) is 26.1 Å². The molecule has 0 saturated heterocycles. The minimum atomic E-state index is -1.06. The van der Waals surface area contributed by atoms with E-state index in [4.69, 9.17) is 10.8 Å². The zero-order chi connectivity index (χ0) is 13.5. The van der Waals surface area contributed by atoms with Gasteiger partial charge in [0.2, 0.25) is 5.91 Å². The first-order chi connectivity index (χ1) is 8.58. The van der Waals surface area contributed by atoms with Crippen LogP contribution in [0, 0.1) is 5.92 Å². The van der Waals surface area contributed by atoms with Crippen LogP contribution in [0.2, 0.25) is 0 Å². The highest BCUT2D eigenvalue weighted by Gasteiger charge is 2.13. The van der Waals surface area contributed by atoms with Crippen LogP contribution >= 0.6 is 0 Å². The SMILES string of the molecule is CCC(CN)C(=O)NCCn1cnc(C(=O)O)c1. The molecule has 0 aromatic carbocycles. The van der Waals surface area contributed by atoms with Gasteiger partial charge in [0.05, 0.1) is 6.33 Å². The van der Waals surface area contributed by atoms with Gasteiger partial charge in [0.15, 0.2) is 5.69 Å². The van der Waals surface area contributed by atoms with Gasteiger partial charge < -0.3 is 20.7 Å². The summed E-state index contributed by atoms with van der Waals surface area (Å²) in [5.41, 5.74) is 5.46. The van der Waals surface area contributed by atoms with Gasteiger partial charge in [-0.05, 0) is 6.42 Å². The largest absolute Gasteiger partial charge is 0.476 e. The number of amides is 1. The molecule has 1 unspecified atom stereocenters. The quantitative estimate of drug-likeness (QED) is 0.617. The molecule has 0 bridgehead atoms. The Morgan fingerprint density at radius 1 is 1.61 bits per heavy atom. The molecule has 1 atom stereocenters. The first-order valence-corrected chi connectivity index (χ1v) is 5.81. The number of nitrogens with zero attached hydrogens (tertiary/aromatic N) is 2. The highest BCUT2D eigenvalue weighted by atomic mass is 16.4. The van der Waals surface area contributed by atoms with Crippen molar-refractivity contribution in [3.8, 4) is 0 Å². The molecule has 1 rings (SSSR count).